The highest BCUT2D eigenvalue weighted by atomic mass is 19.3. The van der Waals surface area contributed by atoms with Crippen molar-refractivity contribution < 1.29 is 38.1 Å². The molecule has 0 aliphatic carbocycles. The van der Waals surface area contributed by atoms with Crippen molar-refractivity contribution in [2.24, 2.45) is 0 Å². The number of carbonyl (C=O) groups is 2. The van der Waals surface area contributed by atoms with E-state index >= 15 is 0 Å². The van der Waals surface area contributed by atoms with Gasteiger partial charge in [0, 0.05) is 13.0 Å². The Morgan fingerprint density at radius 3 is 2.41 bits per heavy atom. The molecule has 3 atom stereocenters. The van der Waals surface area contributed by atoms with E-state index in [1.807, 2.05) is 0 Å². The average molecular weight is 396 g/mol. The molecule has 0 unspecified atom stereocenters. The van der Waals surface area contributed by atoms with E-state index in [0.717, 1.165) is 4.90 Å². The average Bonchev–Trinajstić information content (AvgIpc) is 2.48. The number of aliphatic hydroxyl groups excluding tert-OH is 2. The van der Waals surface area contributed by atoms with Crippen LogP contribution in [0.4, 0.5) is 13.6 Å². The molecule has 8 nitrogen and oxygen atoms in total. The first-order valence-electron chi connectivity index (χ1n) is 8.92. The number of alkyl carbamates (subject to hydrolysis) is 1. The maximum absolute atomic E-state index is 13.7. The lowest BCUT2D eigenvalue weighted by atomic mass is 10.0. The van der Waals surface area contributed by atoms with Crippen LogP contribution in [0.15, 0.2) is 0 Å². The summed E-state index contributed by atoms with van der Waals surface area (Å²) in [6.07, 6.45) is -5.78. The van der Waals surface area contributed by atoms with Gasteiger partial charge in [-0.15, -0.1) is 0 Å². The highest BCUT2D eigenvalue weighted by Gasteiger charge is 2.48. The maximum atomic E-state index is 13.7. The number of aliphatic hydroxyl groups is 2. The maximum Gasteiger partial charge on any atom is 0.408 e. The number of esters is 1. The van der Waals surface area contributed by atoms with E-state index in [2.05, 4.69) is 5.32 Å². The van der Waals surface area contributed by atoms with Crippen molar-refractivity contribution in [1.29, 1.82) is 0 Å². The van der Waals surface area contributed by atoms with Crippen LogP contribution < -0.4 is 5.32 Å². The molecular weight excluding hydrogens is 366 g/mol. The number of hydrogen-bond donors (Lipinski definition) is 3. The third kappa shape index (κ3) is 7.55. The van der Waals surface area contributed by atoms with E-state index in [4.69, 9.17) is 9.47 Å². The van der Waals surface area contributed by atoms with Crippen LogP contribution in [0, 0.1) is 0 Å². The van der Waals surface area contributed by atoms with Crippen LogP contribution in [0.5, 0.6) is 0 Å². The second kappa shape index (κ2) is 9.11. The van der Waals surface area contributed by atoms with Crippen LogP contribution in [0.2, 0.25) is 0 Å². The molecule has 0 radical (unpaired) electrons. The molecule has 1 heterocycles. The van der Waals surface area contributed by atoms with Gasteiger partial charge in [0.1, 0.15) is 17.9 Å². The Balaban J connectivity index is 2.81. The van der Waals surface area contributed by atoms with Crippen LogP contribution in [0.3, 0.4) is 0 Å². The minimum absolute atomic E-state index is 0.158. The molecule has 1 rings (SSSR count). The molecule has 0 bridgehead atoms. The summed E-state index contributed by atoms with van der Waals surface area (Å²) in [4.78, 5) is 25.0. The van der Waals surface area contributed by atoms with E-state index in [-0.39, 0.29) is 19.4 Å². The second-order valence-corrected chi connectivity index (χ2v) is 7.86. The van der Waals surface area contributed by atoms with Gasteiger partial charge in [-0.3, -0.25) is 0 Å². The summed E-state index contributed by atoms with van der Waals surface area (Å²) in [5.41, 5.74) is -0.794. The molecule has 10 heteroatoms. The van der Waals surface area contributed by atoms with Crippen molar-refractivity contribution in [2.75, 3.05) is 6.54 Å². The summed E-state index contributed by atoms with van der Waals surface area (Å²) in [6, 6.07) is -1.18. The lowest BCUT2D eigenvalue weighted by molar-refractivity contribution is -0.245. The van der Waals surface area contributed by atoms with Gasteiger partial charge < -0.3 is 25.0 Å². The SMILES string of the molecule is CC(C)OC(=O)[C@H](CCN1[C@@H](O)C(F)(F)CC[C@@H]1O)NC(=O)OC(C)(C)C. The lowest BCUT2D eigenvalue weighted by Gasteiger charge is -2.41. The summed E-state index contributed by atoms with van der Waals surface area (Å²) >= 11 is 0. The Hall–Kier alpha value is -1.52. The molecule has 27 heavy (non-hydrogen) atoms. The number of piperidine rings is 1. The standard InChI is InChI=1S/C17H30F2N2O6/c1-10(2)26-13(23)11(20-15(25)27-16(3,4)5)7-9-21-12(22)6-8-17(18,19)14(21)24/h10-12,14,22,24H,6-9H2,1-5H3,(H,20,25)/t11-,12-,14-/m0/s1. The molecule has 1 saturated heterocycles. The number of nitrogens with one attached hydrogen (secondary N) is 1. The largest absolute Gasteiger partial charge is 0.461 e. The highest BCUT2D eigenvalue weighted by Crippen LogP contribution is 2.34. The zero-order valence-electron chi connectivity index (χ0n) is 16.4. The predicted octanol–water partition coefficient (Wildman–Crippen LogP) is 1.59. The number of ether oxygens (including phenoxy) is 2. The van der Waals surface area contributed by atoms with Gasteiger partial charge in [-0.1, -0.05) is 0 Å². The number of likely N-dealkylation sites (tertiary alicyclic amines) is 1. The van der Waals surface area contributed by atoms with E-state index in [0.29, 0.717) is 0 Å². The molecule has 0 aromatic carbocycles. The Morgan fingerprint density at radius 1 is 1.30 bits per heavy atom. The minimum atomic E-state index is -3.37. The number of halogens is 2. The van der Waals surface area contributed by atoms with Crippen molar-refractivity contribution in [1.82, 2.24) is 10.2 Å². The molecule has 1 aliphatic rings. The first-order chi connectivity index (χ1) is 12.2. The molecule has 1 aliphatic heterocycles. The first-order valence-corrected chi connectivity index (χ1v) is 8.92. The molecule has 158 valence electrons. The van der Waals surface area contributed by atoms with Crippen LogP contribution in [-0.2, 0) is 14.3 Å². The third-order valence-electron chi connectivity index (χ3n) is 3.81. The fraction of sp³-hybridized carbons (Fsp3) is 0.882. The number of rotatable bonds is 6. The summed E-state index contributed by atoms with van der Waals surface area (Å²) in [6.45, 7) is 7.94. The second-order valence-electron chi connectivity index (χ2n) is 7.86. The molecule has 1 amide bonds. The topological polar surface area (TPSA) is 108 Å². The third-order valence-corrected chi connectivity index (χ3v) is 3.81. The smallest absolute Gasteiger partial charge is 0.408 e. The van der Waals surface area contributed by atoms with Gasteiger partial charge in [0.25, 0.3) is 5.92 Å². The highest BCUT2D eigenvalue weighted by molar-refractivity contribution is 5.81. The molecule has 3 N–H and O–H groups in total. The Morgan fingerprint density at radius 2 is 1.89 bits per heavy atom. The molecular formula is C17H30F2N2O6. The quantitative estimate of drug-likeness (QED) is 0.585. The zero-order valence-corrected chi connectivity index (χ0v) is 16.4. The van der Waals surface area contributed by atoms with Crippen molar-refractivity contribution in [3.05, 3.63) is 0 Å². The van der Waals surface area contributed by atoms with Crippen molar-refractivity contribution in [3.63, 3.8) is 0 Å². The van der Waals surface area contributed by atoms with Crippen LogP contribution in [-0.4, -0.2) is 69.8 Å². The van der Waals surface area contributed by atoms with Crippen molar-refractivity contribution in [2.45, 2.75) is 90.0 Å². The number of alkyl halides is 2. The van der Waals surface area contributed by atoms with Gasteiger partial charge in [0.2, 0.25) is 0 Å². The molecule has 0 saturated carbocycles. The Bertz CT molecular complexity index is 524. The van der Waals surface area contributed by atoms with Gasteiger partial charge >= 0.3 is 12.1 Å². The van der Waals surface area contributed by atoms with Gasteiger partial charge in [-0.25, -0.2) is 23.3 Å². The minimum Gasteiger partial charge on any atom is -0.461 e. The van der Waals surface area contributed by atoms with E-state index < -0.39 is 54.6 Å². The zero-order chi connectivity index (χ0) is 21.0. The molecule has 0 aromatic rings. The monoisotopic (exact) mass is 396 g/mol. The van der Waals surface area contributed by atoms with Gasteiger partial charge in [0.05, 0.1) is 6.10 Å². The van der Waals surface area contributed by atoms with Crippen LogP contribution in [0.25, 0.3) is 0 Å². The molecule has 1 fully saturated rings. The van der Waals surface area contributed by atoms with Gasteiger partial charge in [-0.2, -0.15) is 0 Å². The fourth-order valence-electron chi connectivity index (χ4n) is 2.58. The summed E-state index contributed by atoms with van der Waals surface area (Å²) in [5.74, 6) is -4.13. The number of amides is 1. The summed E-state index contributed by atoms with van der Waals surface area (Å²) < 4.78 is 37.6. The molecule has 0 aromatic heterocycles. The Labute approximate surface area is 157 Å². The number of carbonyl (C=O) groups excluding carboxylic acids is 2. The van der Waals surface area contributed by atoms with Gasteiger partial charge in [0.15, 0.2) is 6.23 Å². The Kier molecular flexibility index (Phi) is 7.94. The number of hydrogen-bond acceptors (Lipinski definition) is 7. The van der Waals surface area contributed by atoms with E-state index in [1.54, 1.807) is 34.6 Å². The lowest BCUT2D eigenvalue weighted by Crippen LogP contribution is -2.58. The van der Waals surface area contributed by atoms with Crippen molar-refractivity contribution >= 4 is 12.1 Å². The normalized spacial score (nSPS) is 24.4. The van der Waals surface area contributed by atoms with E-state index in [9.17, 15) is 28.6 Å². The van der Waals surface area contributed by atoms with Crippen molar-refractivity contribution in [3.8, 4) is 0 Å². The van der Waals surface area contributed by atoms with Crippen LogP contribution >= 0.6 is 0 Å². The predicted molar refractivity (Wildman–Crippen MR) is 91.9 cm³/mol. The van der Waals surface area contributed by atoms with E-state index in [1.165, 1.54) is 0 Å². The van der Waals surface area contributed by atoms with Gasteiger partial charge in [-0.05, 0) is 47.5 Å². The summed E-state index contributed by atoms with van der Waals surface area (Å²) in [5, 5.41) is 22.0. The molecule has 0 spiro atoms. The summed E-state index contributed by atoms with van der Waals surface area (Å²) in [7, 11) is 0. The first kappa shape index (κ1) is 23.5. The fourth-order valence-corrected chi connectivity index (χ4v) is 2.58. The van der Waals surface area contributed by atoms with Crippen LogP contribution in [0.1, 0.15) is 53.9 Å². The number of nitrogens with zero attached hydrogens (tertiary/aromatic N) is 1.